The molecule has 0 saturated heterocycles. The Hall–Kier alpha value is -2.04. The van der Waals surface area contributed by atoms with Crippen molar-refractivity contribution in [3.8, 4) is 5.75 Å². The van der Waals surface area contributed by atoms with Crippen molar-refractivity contribution in [1.29, 1.82) is 0 Å². The lowest BCUT2D eigenvalue weighted by atomic mass is 9.95. The Kier molecular flexibility index (Phi) is 4.09. The minimum atomic E-state index is -1.23. The van der Waals surface area contributed by atoms with E-state index in [-0.39, 0.29) is 17.5 Å². The third-order valence-electron chi connectivity index (χ3n) is 2.38. The number of carbonyl (C=O) groups is 2. The molecule has 1 aromatic rings. The second kappa shape index (κ2) is 5.34. The fraction of sp³-hybridized carbons (Fsp3) is 0.333. The van der Waals surface area contributed by atoms with Gasteiger partial charge < -0.3 is 15.5 Å². The maximum atomic E-state index is 12.0. The van der Waals surface area contributed by atoms with E-state index in [2.05, 4.69) is 5.32 Å². The largest absolute Gasteiger partial charge is 0.508 e. The van der Waals surface area contributed by atoms with Crippen LogP contribution >= 0.6 is 0 Å². The molecule has 0 heterocycles. The van der Waals surface area contributed by atoms with E-state index in [9.17, 15) is 9.59 Å². The van der Waals surface area contributed by atoms with Crippen LogP contribution in [0.3, 0.4) is 0 Å². The molecule has 1 rings (SSSR count). The van der Waals surface area contributed by atoms with E-state index in [0.29, 0.717) is 5.56 Å². The molecular formula is C12H15NO4. The lowest BCUT2D eigenvalue weighted by Crippen LogP contribution is -2.43. The number of phenols is 1. The molecule has 0 unspecified atom stereocenters. The van der Waals surface area contributed by atoms with E-state index >= 15 is 0 Å². The van der Waals surface area contributed by atoms with Crippen LogP contribution < -0.4 is 5.32 Å². The summed E-state index contributed by atoms with van der Waals surface area (Å²) in [5.74, 6) is -0.386. The Bertz CT molecular complexity index is 411. The highest BCUT2D eigenvalue weighted by Crippen LogP contribution is 2.14. The summed E-state index contributed by atoms with van der Waals surface area (Å²) in [5.41, 5.74) is 0.371. The monoisotopic (exact) mass is 237 g/mol. The van der Waals surface area contributed by atoms with Gasteiger partial charge in [0, 0.05) is 5.56 Å². The van der Waals surface area contributed by atoms with Gasteiger partial charge in [0.25, 0.3) is 0 Å². The van der Waals surface area contributed by atoms with E-state index < -0.39 is 12.1 Å². The third-order valence-corrected chi connectivity index (χ3v) is 2.38. The van der Waals surface area contributed by atoms with Crippen LogP contribution in [0, 0.1) is 5.92 Å². The number of nitrogens with one attached hydrogen (secondary N) is 1. The van der Waals surface area contributed by atoms with E-state index in [1.165, 1.54) is 24.3 Å². The average molecular weight is 237 g/mol. The molecule has 0 saturated carbocycles. The van der Waals surface area contributed by atoms with Crippen molar-refractivity contribution in [2.45, 2.75) is 19.9 Å². The van der Waals surface area contributed by atoms with Gasteiger partial charge in [0.05, 0.1) is 6.04 Å². The molecule has 1 aromatic carbocycles. The second-order valence-corrected chi connectivity index (χ2v) is 4.08. The number of hydrogen-bond acceptors (Lipinski definition) is 3. The average Bonchev–Trinajstić information content (AvgIpc) is 2.25. The Morgan fingerprint density at radius 2 is 1.71 bits per heavy atom. The van der Waals surface area contributed by atoms with Gasteiger partial charge in [-0.25, -0.2) is 4.79 Å². The summed E-state index contributed by atoms with van der Waals surface area (Å²) in [5, 5.41) is 20.0. The summed E-state index contributed by atoms with van der Waals surface area (Å²) in [6.45, 7) is 3.53. The molecule has 0 aliphatic carbocycles. The number of carboxylic acid groups (broad SMARTS) is 1. The Morgan fingerprint density at radius 1 is 1.18 bits per heavy atom. The summed E-state index contributed by atoms with van der Waals surface area (Å²) >= 11 is 0. The molecule has 5 nitrogen and oxygen atoms in total. The minimum Gasteiger partial charge on any atom is -0.508 e. The SMILES string of the molecule is CC(C)[C@H](NC(=O)O)C(=O)c1ccc(O)cc1. The molecule has 0 bridgehead atoms. The van der Waals surface area contributed by atoms with Crippen molar-refractivity contribution >= 4 is 11.9 Å². The van der Waals surface area contributed by atoms with Crippen molar-refractivity contribution in [3.63, 3.8) is 0 Å². The molecule has 5 heteroatoms. The maximum Gasteiger partial charge on any atom is 0.405 e. The van der Waals surface area contributed by atoms with Gasteiger partial charge in [-0.3, -0.25) is 4.79 Å². The van der Waals surface area contributed by atoms with Crippen molar-refractivity contribution < 1.29 is 19.8 Å². The Balaban J connectivity index is 2.91. The molecule has 0 radical (unpaired) electrons. The van der Waals surface area contributed by atoms with Crippen molar-refractivity contribution in [1.82, 2.24) is 5.32 Å². The summed E-state index contributed by atoms with van der Waals surface area (Å²) in [6, 6.07) is 4.95. The highest BCUT2D eigenvalue weighted by atomic mass is 16.4. The van der Waals surface area contributed by atoms with Crippen LogP contribution in [0.2, 0.25) is 0 Å². The van der Waals surface area contributed by atoms with Crippen LogP contribution in [0.4, 0.5) is 4.79 Å². The van der Waals surface area contributed by atoms with E-state index in [1.807, 2.05) is 0 Å². The van der Waals surface area contributed by atoms with Crippen molar-refractivity contribution in [2.24, 2.45) is 5.92 Å². The number of ketones is 1. The number of aromatic hydroxyl groups is 1. The Labute approximate surface area is 99.1 Å². The quantitative estimate of drug-likeness (QED) is 0.697. The maximum absolute atomic E-state index is 12.0. The number of carbonyl (C=O) groups excluding carboxylic acids is 1. The Morgan fingerprint density at radius 3 is 2.12 bits per heavy atom. The first kappa shape index (κ1) is 13.0. The number of hydrogen-bond donors (Lipinski definition) is 3. The lowest BCUT2D eigenvalue weighted by Gasteiger charge is -2.19. The van der Waals surface area contributed by atoms with E-state index in [4.69, 9.17) is 10.2 Å². The highest BCUT2D eigenvalue weighted by molar-refractivity contribution is 6.01. The fourth-order valence-electron chi connectivity index (χ4n) is 1.47. The molecule has 1 amide bonds. The zero-order valence-electron chi connectivity index (χ0n) is 9.68. The van der Waals surface area contributed by atoms with Crippen molar-refractivity contribution in [3.05, 3.63) is 29.8 Å². The van der Waals surface area contributed by atoms with Gasteiger partial charge in [-0.2, -0.15) is 0 Å². The van der Waals surface area contributed by atoms with Gasteiger partial charge in [-0.1, -0.05) is 13.8 Å². The molecular weight excluding hydrogens is 222 g/mol. The molecule has 17 heavy (non-hydrogen) atoms. The third kappa shape index (κ3) is 3.48. The summed E-state index contributed by atoms with van der Waals surface area (Å²) in [7, 11) is 0. The van der Waals surface area contributed by atoms with Crippen LogP contribution in [0.15, 0.2) is 24.3 Å². The number of Topliss-reactive ketones (excluding diaryl/α,β-unsaturated/α-hetero) is 1. The van der Waals surface area contributed by atoms with E-state index in [1.54, 1.807) is 13.8 Å². The predicted octanol–water partition coefficient (Wildman–Crippen LogP) is 1.87. The zero-order valence-corrected chi connectivity index (χ0v) is 9.68. The summed E-state index contributed by atoms with van der Waals surface area (Å²) in [4.78, 5) is 22.6. The van der Waals surface area contributed by atoms with Gasteiger partial charge in [-0.15, -0.1) is 0 Å². The van der Waals surface area contributed by atoms with Gasteiger partial charge in [-0.05, 0) is 30.2 Å². The molecule has 0 aliphatic heterocycles. The standard InChI is InChI=1S/C12H15NO4/c1-7(2)10(13-12(16)17)11(15)8-3-5-9(14)6-4-8/h3-7,10,13-14H,1-2H3,(H,16,17)/t10-/m0/s1. The van der Waals surface area contributed by atoms with Crippen LogP contribution in [0.25, 0.3) is 0 Å². The fourth-order valence-corrected chi connectivity index (χ4v) is 1.47. The van der Waals surface area contributed by atoms with Gasteiger partial charge in [0.15, 0.2) is 5.78 Å². The normalized spacial score (nSPS) is 12.2. The number of amides is 1. The highest BCUT2D eigenvalue weighted by Gasteiger charge is 2.24. The topological polar surface area (TPSA) is 86.6 Å². The predicted molar refractivity (Wildman–Crippen MR) is 62.2 cm³/mol. The van der Waals surface area contributed by atoms with Gasteiger partial charge >= 0.3 is 6.09 Å². The smallest absolute Gasteiger partial charge is 0.405 e. The first-order chi connectivity index (χ1) is 7.91. The van der Waals surface area contributed by atoms with Crippen LogP contribution in [-0.2, 0) is 0 Å². The van der Waals surface area contributed by atoms with Gasteiger partial charge in [0.2, 0.25) is 0 Å². The molecule has 1 atom stereocenters. The van der Waals surface area contributed by atoms with Crippen LogP contribution in [0.5, 0.6) is 5.75 Å². The van der Waals surface area contributed by atoms with Crippen molar-refractivity contribution in [2.75, 3.05) is 0 Å². The number of benzene rings is 1. The molecule has 3 N–H and O–H groups in total. The first-order valence-corrected chi connectivity index (χ1v) is 5.24. The first-order valence-electron chi connectivity index (χ1n) is 5.24. The van der Waals surface area contributed by atoms with Crippen LogP contribution in [-0.4, -0.2) is 28.1 Å². The second-order valence-electron chi connectivity index (χ2n) is 4.08. The van der Waals surface area contributed by atoms with Crippen LogP contribution in [0.1, 0.15) is 24.2 Å². The summed E-state index contributed by atoms with van der Waals surface area (Å²) < 4.78 is 0. The number of phenolic OH excluding ortho intramolecular Hbond substituents is 1. The molecule has 0 aliphatic rings. The molecule has 92 valence electrons. The minimum absolute atomic E-state index is 0.0637. The van der Waals surface area contributed by atoms with E-state index in [0.717, 1.165) is 0 Å². The summed E-state index contributed by atoms with van der Waals surface area (Å²) in [6.07, 6.45) is -1.23. The lowest BCUT2D eigenvalue weighted by molar-refractivity contribution is 0.0910. The number of rotatable bonds is 4. The van der Waals surface area contributed by atoms with Gasteiger partial charge in [0.1, 0.15) is 5.75 Å². The molecule has 0 spiro atoms. The zero-order chi connectivity index (χ0) is 13.0. The molecule has 0 fully saturated rings. The molecule has 0 aromatic heterocycles.